The summed E-state index contributed by atoms with van der Waals surface area (Å²) in [7, 11) is 3.08. The molecule has 0 atom stereocenters. The van der Waals surface area contributed by atoms with Gasteiger partial charge in [-0.2, -0.15) is 0 Å². The van der Waals surface area contributed by atoms with Crippen molar-refractivity contribution in [3.8, 4) is 11.3 Å². The zero-order chi connectivity index (χ0) is 19.7. The average Bonchev–Trinajstić information content (AvgIpc) is 2.75. The Morgan fingerprint density at radius 2 is 1.54 bits per heavy atom. The van der Waals surface area contributed by atoms with E-state index in [-0.39, 0.29) is 5.56 Å². The summed E-state index contributed by atoms with van der Waals surface area (Å²) in [6.07, 6.45) is 1.70. The minimum absolute atomic E-state index is 0.351. The van der Waals surface area contributed by atoms with Crippen LogP contribution >= 0.6 is 0 Å². The Kier molecular flexibility index (Phi) is 4.45. The number of aryl methyl sites for hydroxylation is 1. The number of para-hydroxylation sites is 1. The highest BCUT2D eigenvalue weighted by Gasteiger charge is 2.14. The zero-order valence-electron chi connectivity index (χ0n) is 15.5. The van der Waals surface area contributed by atoms with Crippen LogP contribution in [0.15, 0.2) is 81.3 Å². The molecule has 0 aliphatic carbocycles. The van der Waals surface area contributed by atoms with Gasteiger partial charge in [-0.3, -0.25) is 18.9 Å². The fourth-order valence-corrected chi connectivity index (χ4v) is 3.10. The van der Waals surface area contributed by atoms with Gasteiger partial charge in [-0.25, -0.2) is 9.78 Å². The minimum Gasteiger partial charge on any atom is -0.280 e. The largest absolute Gasteiger partial charge is 0.332 e. The first-order valence-corrected chi connectivity index (χ1v) is 8.81. The van der Waals surface area contributed by atoms with Gasteiger partial charge >= 0.3 is 5.69 Å². The molecule has 4 rings (SSSR count). The van der Waals surface area contributed by atoms with Crippen molar-refractivity contribution < 1.29 is 0 Å². The molecule has 6 heteroatoms. The number of nitrogens with zero attached hydrogens (tertiary/aromatic N) is 4. The van der Waals surface area contributed by atoms with E-state index >= 15 is 0 Å². The number of benzene rings is 2. The number of hydrogen-bond acceptors (Lipinski definition) is 4. The third kappa shape index (κ3) is 3.05. The molecule has 6 nitrogen and oxygen atoms in total. The molecule has 0 unspecified atom stereocenters. The molecule has 2 aromatic carbocycles. The highest BCUT2D eigenvalue weighted by Crippen LogP contribution is 2.23. The molecular formula is C22H18N4O2. The van der Waals surface area contributed by atoms with E-state index in [9.17, 15) is 9.59 Å². The molecule has 2 heterocycles. The van der Waals surface area contributed by atoms with E-state index in [4.69, 9.17) is 0 Å². The van der Waals surface area contributed by atoms with Crippen LogP contribution in [0.2, 0.25) is 0 Å². The lowest BCUT2D eigenvalue weighted by molar-refractivity contribution is 0.708. The molecule has 0 radical (unpaired) electrons. The maximum atomic E-state index is 12.6. The van der Waals surface area contributed by atoms with Crippen molar-refractivity contribution in [2.75, 3.05) is 0 Å². The number of aliphatic imine (C=N–C) groups is 1. The van der Waals surface area contributed by atoms with Crippen molar-refractivity contribution in [2.45, 2.75) is 0 Å². The van der Waals surface area contributed by atoms with Crippen molar-refractivity contribution in [1.29, 1.82) is 0 Å². The number of aromatic nitrogens is 3. The lowest BCUT2D eigenvalue weighted by atomic mass is 10.1. The molecule has 138 valence electrons. The van der Waals surface area contributed by atoms with Gasteiger partial charge in [0.25, 0.3) is 5.56 Å². The van der Waals surface area contributed by atoms with Crippen LogP contribution in [-0.4, -0.2) is 20.3 Å². The standard InChI is InChI=1S/C22H18N4O2/c1-25-20-18(21(27)26(2)22(25)28)13-16(14-23-17-11-7-4-8-12-17)19(24-20)15-9-5-3-6-10-15/h3-14H,1-2H3. The van der Waals surface area contributed by atoms with Crippen LogP contribution in [0.5, 0.6) is 0 Å². The topological polar surface area (TPSA) is 69.2 Å². The fourth-order valence-electron chi connectivity index (χ4n) is 3.10. The first kappa shape index (κ1) is 17.6. The summed E-state index contributed by atoms with van der Waals surface area (Å²) >= 11 is 0. The van der Waals surface area contributed by atoms with Gasteiger partial charge in [0.1, 0.15) is 5.65 Å². The van der Waals surface area contributed by atoms with Gasteiger partial charge in [0.2, 0.25) is 0 Å². The summed E-state index contributed by atoms with van der Waals surface area (Å²) in [5.74, 6) is 0. The average molecular weight is 370 g/mol. The molecule has 0 amide bonds. The van der Waals surface area contributed by atoms with Gasteiger partial charge in [0.15, 0.2) is 0 Å². The van der Waals surface area contributed by atoms with E-state index in [0.717, 1.165) is 15.8 Å². The molecule has 0 fully saturated rings. The Labute approximate surface area is 161 Å². The van der Waals surface area contributed by atoms with Crippen molar-refractivity contribution in [3.05, 3.63) is 93.1 Å². The van der Waals surface area contributed by atoms with Crippen LogP contribution in [0.25, 0.3) is 22.3 Å². The quantitative estimate of drug-likeness (QED) is 0.521. The van der Waals surface area contributed by atoms with Crippen LogP contribution in [0.4, 0.5) is 5.69 Å². The Balaban J connectivity index is 2.02. The van der Waals surface area contributed by atoms with Gasteiger partial charge in [-0.05, 0) is 18.2 Å². The van der Waals surface area contributed by atoms with Crippen LogP contribution in [0, 0.1) is 0 Å². The Bertz CT molecular complexity index is 1300. The molecule has 0 spiro atoms. The highest BCUT2D eigenvalue weighted by molar-refractivity contribution is 5.95. The molecule has 0 saturated carbocycles. The maximum Gasteiger partial charge on any atom is 0.332 e. The molecule has 0 aliphatic rings. The Morgan fingerprint density at radius 3 is 2.21 bits per heavy atom. The van der Waals surface area contributed by atoms with E-state index in [0.29, 0.717) is 22.3 Å². The van der Waals surface area contributed by atoms with Gasteiger partial charge in [0, 0.05) is 31.4 Å². The SMILES string of the molecule is Cn1c(=O)c2cc(C=Nc3ccccc3)c(-c3ccccc3)nc2n(C)c1=O. The van der Waals surface area contributed by atoms with E-state index in [2.05, 4.69) is 9.98 Å². The molecule has 0 saturated heterocycles. The number of hydrogen-bond donors (Lipinski definition) is 0. The summed E-state index contributed by atoms with van der Waals surface area (Å²) < 4.78 is 2.48. The third-order valence-electron chi connectivity index (χ3n) is 4.61. The molecule has 4 aromatic rings. The zero-order valence-corrected chi connectivity index (χ0v) is 15.5. The third-order valence-corrected chi connectivity index (χ3v) is 4.61. The number of rotatable bonds is 3. The second-order valence-corrected chi connectivity index (χ2v) is 6.46. The van der Waals surface area contributed by atoms with Crippen LogP contribution in [0.3, 0.4) is 0 Å². The van der Waals surface area contributed by atoms with Crippen molar-refractivity contribution in [2.24, 2.45) is 19.1 Å². The molecule has 2 aromatic heterocycles. The van der Waals surface area contributed by atoms with E-state index in [1.807, 2.05) is 60.7 Å². The first-order valence-electron chi connectivity index (χ1n) is 8.81. The maximum absolute atomic E-state index is 12.6. The Morgan fingerprint density at radius 1 is 0.893 bits per heavy atom. The van der Waals surface area contributed by atoms with Crippen molar-refractivity contribution >= 4 is 22.9 Å². The van der Waals surface area contributed by atoms with E-state index < -0.39 is 5.69 Å². The molecule has 28 heavy (non-hydrogen) atoms. The highest BCUT2D eigenvalue weighted by atomic mass is 16.2. The van der Waals surface area contributed by atoms with Crippen LogP contribution in [0.1, 0.15) is 5.56 Å². The minimum atomic E-state index is -0.408. The lowest BCUT2D eigenvalue weighted by Gasteiger charge is -2.11. The fraction of sp³-hybridized carbons (Fsp3) is 0.0909. The summed E-state index contributed by atoms with van der Waals surface area (Å²) in [6.45, 7) is 0. The molecule has 0 N–H and O–H groups in total. The summed E-state index contributed by atoms with van der Waals surface area (Å²) in [4.78, 5) is 34.1. The lowest BCUT2D eigenvalue weighted by Crippen LogP contribution is -2.37. The predicted octanol–water partition coefficient (Wildman–Crippen LogP) is 3.05. The van der Waals surface area contributed by atoms with E-state index in [1.54, 1.807) is 19.3 Å². The first-order chi connectivity index (χ1) is 13.6. The number of fused-ring (bicyclic) bond motifs is 1. The van der Waals surface area contributed by atoms with Gasteiger partial charge in [-0.15, -0.1) is 0 Å². The molecular weight excluding hydrogens is 352 g/mol. The smallest absolute Gasteiger partial charge is 0.280 e. The summed E-state index contributed by atoms with van der Waals surface area (Å²) in [6, 6.07) is 20.9. The van der Waals surface area contributed by atoms with Gasteiger partial charge in [-0.1, -0.05) is 48.5 Å². The van der Waals surface area contributed by atoms with Crippen LogP contribution in [-0.2, 0) is 14.1 Å². The van der Waals surface area contributed by atoms with Gasteiger partial charge in [0.05, 0.1) is 16.8 Å². The monoisotopic (exact) mass is 370 g/mol. The predicted molar refractivity (Wildman–Crippen MR) is 111 cm³/mol. The second kappa shape index (κ2) is 7.08. The Hall–Kier alpha value is -3.80. The van der Waals surface area contributed by atoms with Crippen molar-refractivity contribution in [1.82, 2.24) is 14.1 Å². The van der Waals surface area contributed by atoms with Crippen LogP contribution < -0.4 is 11.2 Å². The number of pyridine rings is 1. The molecule has 0 bridgehead atoms. The van der Waals surface area contributed by atoms with Gasteiger partial charge < -0.3 is 0 Å². The van der Waals surface area contributed by atoms with E-state index in [1.165, 1.54) is 11.6 Å². The molecule has 0 aliphatic heterocycles. The summed E-state index contributed by atoms with van der Waals surface area (Å²) in [5, 5.41) is 0.374. The summed E-state index contributed by atoms with van der Waals surface area (Å²) in [5.41, 5.74) is 2.62. The van der Waals surface area contributed by atoms with Crippen molar-refractivity contribution in [3.63, 3.8) is 0 Å². The normalized spacial score (nSPS) is 11.4. The second-order valence-electron chi connectivity index (χ2n) is 6.46.